The molecule has 0 aliphatic heterocycles. The number of ether oxygens (including phenoxy) is 1. The minimum absolute atomic E-state index is 0.220. The van der Waals surface area contributed by atoms with Crippen molar-refractivity contribution in [2.45, 2.75) is 19.4 Å². The van der Waals surface area contributed by atoms with Gasteiger partial charge in [-0.1, -0.05) is 18.2 Å². The van der Waals surface area contributed by atoms with E-state index in [0.717, 1.165) is 23.4 Å². The third-order valence-corrected chi connectivity index (χ3v) is 3.64. The first-order chi connectivity index (χ1) is 10.2. The van der Waals surface area contributed by atoms with E-state index in [2.05, 4.69) is 28.9 Å². The van der Waals surface area contributed by atoms with E-state index in [1.807, 2.05) is 37.4 Å². The molecule has 0 saturated carbocycles. The zero-order chi connectivity index (χ0) is 15.2. The number of benzene rings is 1. The summed E-state index contributed by atoms with van der Waals surface area (Å²) in [5.41, 5.74) is 2.45. The fraction of sp³-hybridized carbons (Fsp3) is 0.294. The summed E-state index contributed by atoms with van der Waals surface area (Å²) in [6.07, 6.45) is 2.47. The van der Waals surface area contributed by atoms with Gasteiger partial charge in [0.1, 0.15) is 11.8 Å². The van der Waals surface area contributed by atoms with Crippen molar-refractivity contribution in [1.29, 1.82) is 5.26 Å². The Balaban J connectivity index is 2.20. The topological polar surface area (TPSA) is 49.1 Å². The van der Waals surface area contributed by atoms with Gasteiger partial charge in [-0.3, -0.25) is 0 Å². The second-order valence-corrected chi connectivity index (χ2v) is 4.96. The molecule has 0 spiro atoms. The van der Waals surface area contributed by atoms with Crippen molar-refractivity contribution < 1.29 is 4.74 Å². The number of nitrogens with zero attached hydrogens (tertiary/aromatic N) is 3. The Morgan fingerprint density at radius 1 is 1.29 bits per heavy atom. The van der Waals surface area contributed by atoms with E-state index in [0.29, 0.717) is 5.69 Å². The monoisotopic (exact) mass is 281 g/mol. The van der Waals surface area contributed by atoms with Crippen molar-refractivity contribution in [3.8, 4) is 11.8 Å². The summed E-state index contributed by atoms with van der Waals surface area (Å²) in [4.78, 5) is 6.20. The highest BCUT2D eigenvalue weighted by Crippen LogP contribution is 2.23. The molecule has 1 unspecified atom stereocenters. The van der Waals surface area contributed by atoms with Crippen molar-refractivity contribution >= 4 is 5.69 Å². The normalized spacial score (nSPS) is 11.5. The molecule has 0 N–H and O–H groups in total. The lowest BCUT2D eigenvalue weighted by atomic mass is 10.0. The van der Waals surface area contributed by atoms with Crippen LogP contribution in [0.5, 0.6) is 5.75 Å². The molecule has 1 atom stereocenters. The van der Waals surface area contributed by atoms with Crippen LogP contribution in [0.2, 0.25) is 0 Å². The number of hydrogen-bond acceptors (Lipinski definition) is 4. The molecule has 2 aromatic rings. The summed E-state index contributed by atoms with van der Waals surface area (Å²) >= 11 is 0. The molecule has 0 aliphatic rings. The van der Waals surface area contributed by atoms with Crippen LogP contribution >= 0.6 is 0 Å². The molecule has 4 heteroatoms. The molecule has 1 aromatic heterocycles. The zero-order valence-corrected chi connectivity index (χ0v) is 12.6. The van der Waals surface area contributed by atoms with Crippen LogP contribution in [0.3, 0.4) is 0 Å². The molecule has 1 heterocycles. The minimum atomic E-state index is 0.220. The number of rotatable bonds is 5. The lowest BCUT2D eigenvalue weighted by Gasteiger charge is -2.28. The predicted molar refractivity (Wildman–Crippen MR) is 83.5 cm³/mol. The van der Waals surface area contributed by atoms with E-state index in [-0.39, 0.29) is 6.04 Å². The number of likely N-dealkylation sites (N-methyl/N-ethyl adjacent to an activating group) is 1. The van der Waals surface area contributed by atoms with Gasteiger partial charge in [0, 0.05) is 19.3 Å². The number of para-hydroxylation sites is 1. The molecule has 4 nitrogen and oxygen atoms in total. The Bertz CT molecular complexity index is 648. The third kappa shape index (κ3) is 3.32. The van der Waals surface area contributed by atoms with E-state index >= 15 is 0 Å². The fourth-order valence-electron chi connectivity index (χ4n) is 2.33. The van der Waals surface area contributed by atoms with Crippen LogP contribution in [0.25, 0.3) is 0 Å². The van der Waals surface area contributed by atoms with Gasteiger partial charge in [-0.2, -0.15) is 5.26 Å². The number of hydrogen-bond donors (Lipinski definition) is 0. The molecule has 0 aliphatic carbocycles. The van der Waals surface area contributed by atoms with Gasteiger partial charge in [-0.25, -0.2) is 4.98 Å². The molecule has 1 aromatic carbocycles. The highest BCUT2D eigenvalue weighted by molar-refractivity contribution is 5.56. The van der Waals surface area contributed by atoms with Crippen LogP contribution in [0.4, 0.5) is 5.69 Å². The quantitative estimate of drug-likeness (QED) is 0.845. The molecule has 0 amide bonds. The molecule has 0 bridgehead atoms. The highest BCUT2D eigenvalue weighted by atomic mass is 16.5. The Kier molecular flexibility index (Phi) is 4.78. The average molecular weight is 281 g/mol. The van der Waals surface area contributed by atoms with Crippen LogP contribution in [0, 0.1) is 11.3 Å². The molecular formula is C17H19N3O. The summed E-state index contributed by atoms with van der Waals surface area (Å²) in [6.45, 7) is 2.13. The van der Waals surface area contributed by atoms with Crippen LogP contribution in [-0.2, 0) is 6.42 Å². The van der Waals surface area contributed by atoms with Gasteiger partial charge < -0.3 is 9.64 Å². The Labute approximate surface area is 125 Å². The summed E-state index contributed by atoms with van der Waals surface area (Å²) in [5, 5.41) is 9.16. The minimum Gasteiger partial charge on any atom is -0.496 e. The maximum atomic E-state index is 9.16. The largest absolute Gasteiger partial charge is 0.496 e. The molecule has 0 saturated heterocycles. The van der Waals surface area contributed by atoms with Gasteiger partial charge in [0.15, 0.2) is 5.69 Å². The first-order valence-corrected chi connectivity index (χ1v) is 6.87. The highest BCUT2D eigenvalue weighted by Gasteiger charge is 2.16. The number of anilines is 1. The van der Waals surface area contributed by atoms with Crippen molar-refractivity contribution in [2.75, 3.05) is 19.1 Å². The Morgan fingerprint density at radius 2 is 2.05 bits per heavy atom. The lowest BCUT2D eigenvalue weighted by Crippen LogP contribution is -2.31. The van der Waals surface area contributed by atoms with Gasteiger partial charge in [0.05, 0.1) is 12.8 Å². The molecular weight excluding hydrogens is 262 g/mol. The standard InChI is InChI=1S/C17H19N3O/c1-13(11-14-7-4-5-9-17(14)21-3)20(2)16-8-6-10-19-15(16)12-18/h4-10,13H,11H2,1-3H3. The van der Waals surface area contributed by atoms with Gasteiger partial charge in [0.2, 0.25) is 0 Å². The number of methoxy groups -OCH3 is 1. The summed E-state index contributed by atoms with van der Waals surface area (Å²) in [5.74, 6) is 0.893. The third-order valence-electron chi connectivity index (χ3n) is 3.64. The molecule has 0 radical (unpaired) electrons. The van der Waals surface area contributed by atoms with Gasteiger partial charge in [0.25, 0.3) is 0 Å². The number of pyridine rings is 1. The SMILES string of the molecule is COc1ccccc1CC(C)N(C)c1cccnc1C#N. The van der Waals surface area contributed by atoms with Crippen LogP contribution in [0.1, 0.15) is 18.2 Å². The fourth-order valence-corrected chi connectivity index (χ4v) is 2.33. The van der Waals surface area contributed by atoms with Crippen molar-refractivity contribution in [3.63, 3.8) is 0 Å². The molecule has 0 fully saturated rings. The first kappa shape index (κ1) is 14.9. The van der Waals surface area contributed by atoms with Crippen molar-refractivity contribution in [3.05, 3.63) is 53.9 Å². The van der Waals surface area contributed by atoms with Crippen molar-refractivity contribution in [1.82, 2.24) is 4.98 Å². The summed E-state index contributed by atoms with van der Waals surface area (Å²) < 4.78 is 5.39. The zero-order valence-electron chi connectivity index (χ0n) is 12.6. The van der Waals surface area contributed by atoms with Crippen LogP contribution < -0.4 is 9.64 Å². The predicted octanol–water partition coefficient (Wildman–Crippen LogP) is 3.03. The first-order valence-electron chi connectivity index (χ1n) is 6.87. The lowest BCUT2D eigenvalue weighted by molar-refractivity contribution is 0.408. The second-order valence-electron chi connectivity index (χ2n) is 4.96. The van der Waals surface area contributed by atoms with Gasteiger partial charge >= 0.3 is 0 Å². The van der Waals surface area contributed by atoms with E-state index in [9.17, 15) is 0 Å². The summed E-state index contributed by atoms with van der Waals surface area (Å²) in [6, 6.07) is 14.1. The average Bonchev–Trinajstić information content (AvgIpc) is 2.54. The summed E-state index contributed by atoms with van der Waals surface area (Å²) in [7, 11) is 3.67. The van der Waals surface area contributed by atoms with Crippen LogP contribution in [-0.4, -0.2) is 25.2 Å². The van der Waals surface area contributed by atoms with E-state index in [4.69, 9.17) is 10.00 Å². The molecule has 21 heavy (non-hydrogen) atoms. The maximum Gasteiger partial charge on any atom is 0.163 e. The number of aromatic nitrogens is 1. The molecule has 2 rings (SSSR count). The maximum absolute atomic E-state index is 9.16. The van der Waals surface area contributed by atoms with E-state index in [1.165, 1.54) is 0 Å². The molecule has 108 valence electrons. The van der Waals surface area contributed by atoms with Gasteiger partial charge in [-0.15, -0.1) is 0 Å². The Hall–Kier alpha value is -2.54. The van der Waals surface area contributed by atoms with Crippen LogP contribution in [0.15, 0.2) is 42.6 Å². The second kappa shape index (κ2) is 6.76. The van der Waals surface area contributed by atoms with Crippen molar-refractivity contribution in [2.24, 2.45) is 0 Å². The Morgan fingerprint density at radius 3 is 2.76 bits per heavy atom. The van der Waals surface area contributed by atoms with Gasteiger partial charge in [-0.05, 0) is 37.1 Å². The number of nitriles is 1. The van der Waals surface area contributed by atoms with E-state index in [1.54, 1.807) is 13.3 Å². The smallest absolute Gasteiger partial charge is 0.163 e. The van der Waals surface area contributed by atoms with E-state index < -0.39 is 0 Å².